The molecule has 0 aliphatic heterocycles. The van der Waals surface area contributed by atoms with Crippen LogP contribution in [0.2, 0.25) is 0 Å². The van der Waals surface area contributed by atoms with Gasteiger partial charge in [-0.05, 0) is 49.2 Å². The second kappa shape index (κ2) is 8.02. The molecule has 2 N–H and O–H groups in total. The van der Waals surface area contributed by atoms with Crippen molar-refractivity contribution in [2.24, 2.45) is 0 Å². The van der Waals surface area contributed by atoms with Crippen LogP contribution in [0.1, 0.15) is 22.4 Å². The van der Waals surface area contributed by atoms with Gasteiger partial charge in [0.1, 0.15) is 0 Å². The zero-order valence-corrected chi connectivity index (χ0v) is 16.0. The molecule has 28 heavy (non-hydrogen) atoms. The second-order valence-corrected chi connectivity index (χ2v) is 7.25. The van der Waals surface area contributed by atoms with Gasteiger partial charge >= 0.3 is 6.18 Å². The van der Waals surface area contributed by atoms with Crippen molar-refractivity contribution in [2.75, 3.05) is 10.6 Å². The Morgan fingerprint density at radius 2 is 1.93 bits per heavy atom. The summed E-state index contributed by atoms with van der Waals surface area (Å²) in [5, 5.41) is 7.85. The van der Waals surface area contributed by atoms with Crippen molar-refractivity contribution in [3.05, 3.63) is 70.2 Å². The smallest absolute Gasteiger partial charge is 0.332 e. The molecule has 0 spiro atoms. The molecule has 8 heteroatoms. The highest BCUT2D eigenvalue weighted by atomic mass is 32.1. The zero-order chi connectivity index (χ0) is 20.3. The number of benzene rings is 2. The Morgan fingerprint density at radius 1 is 1.14 bits per heavy atom. The lowest BCUT2D eigenvalue weighted by Crippen LogP contribution is -2.15. The molecular weight excluding hydrogens is 387 g/mol. The van der Waals surface area contributed by atoms with E-state index in [2.05, 4.69) is 15.6 Å². The van der Waals surface area contributed by atoms with Crippen molar-refractivity contribution >= 4 is 33.8 Å². The molecule has 1 aromatic heterocycles. The fourth-order valence-corrected chi connectivity index (χ4v) is 3.30. The van der Waals surface area contributed by atoms with Gasteiger partial charge in [0.25, 0.3) is 0 Å². The van der Waals surface area contributed by atoms with Gasteiger partial charge in [-0.2, -0.15) is 13.2 Å². The van der Waals surface area contributed by atoms with E-state index in [4.69, 9.17) is 0 Å². The van der Waals surface area contributed by atoms with Crippen molar-refractivity contribution in [3.8, 4) is 0 Å². The van der Waals surface area contributed by atoms with Crippen LogP contribution in [0, 0.1) is 13.8 Å². The maximum atomic E-state index is 12.8. The highest BCUT2D eigenvalue weighted by Crippen LogP contribution is 2.31. The fourth-order valence-electron chi connectivity index (χ4n) is 2.57. The monoisotopic (exact) mass is 405 g/mol. The van der Waals surface area contributed by atoms with E-state index >= 15 is 0 Å². The number of carbonyl (C=O) groups excluding carboxylic acids is 1. The molecule has 0 fully saturated rings. The van der Waals surface area contributed by atoms with E-state index in [0.29, 0.717) is 10.8 Å². The number of amides is 1. The lowest BCUT2D eigenvalue weighted by atomic mass is 10.1. The molecule has 0 bridgehead atoms. The number of alkyl halides is 3. The van der Waals surface area contributed by atoms with E-state index in [1.807, 2.05) is 32.0 Å². The minimum Gasteiger partial charge on any atom is -0.332 e. The van der Waals surface area contributed by atoms with E-state index in [9.17, 15) is 18.0 Å². The van der Waals surface area contributed by atoms with Crippen molar-refractivity contribution in [1.82, 2.24) is 4.98 Å². The number of hydrogen-bond acceptors (Lipinski definition) is 4. The number of aryl methyl sites for hydroxylation is 2. The quantitative estimate of drug-likeness (QED) is 0.572. The number of anilines is 3. The van der Waals surface area contributed by atoms with Crippen LogP contribution in [0.5, 0.6) is 0 Å². The molecule has 0 saturated carbocycles. The first kappa shape index (κ1) is 19.9. The topological polar surface area (TPSA) is 54.0 Å². The molecule has 2 aromatic carbocycles. The molecular formula is C20H18F3N3OS. The number of carbonyl (C=O) groups is 1. The molecule has 1 heterocycles. The summed E-state index contributed by atoms with van der Waals surface area (Å²) in [5.74, 6) is -0.204. The molecule has 3 aromatic rings. The van der Waals surface area contributed by atoms with E-state index in [0.717, 1.165) is 28.9 Å². The molecule has 0 aliphatic rings. The highest BCUT2D eigenvalue weighted by molar-refractivity contribution is 7.13. The predicted octanol–water partition coefficient (Wildman–Crippen LogP) is 5.70. The molecule has 0 unspecified atom stereocenters. The Kier molecular flexibility index (Phi) is 5.69. The third kappa shape index (κ3) is 5.10. The Hall–Kier alpha value is -2.87. The average Bonchev–Trinajstić information content (AvgIpc) is 3.04. The van der Waals surface area contributed by atoms with Crippen LogP contribution in [0.15, 0.2) is 47.8 Å². The van der Waals surface area contributed by atoms with Gasteiger partial charge in [0, 0.05) is 16.8 Å². The normalized spacial score (nSPS) is 11.3. The van der Waals surface area contributed by atoms with E-state index in [1.54, 1.807) is 5.38 Å². The Balaban J connectivity index is 1.64. The first-order valence-electron chi connectivity index (χ1n) is 8.46. The van der Waals surface area contributed by atoms with Gasteiger partial charge in [-0.3, -0.25) is 4.79 Å². The van der Waals surface area contributed by atoms with Gasteiger partial charge in [-0.15, -0.1) is 11.3 Å². The van der Waals surface area contributed by atoms with E-state index in [-0.39, 0.29) is 18.0 Å². The van der Waals surface area contributed by atoms with E-state index in [1.165, 1.54) is 23.5 Å². The minimum atomic E-state index is -4.41. The van der Waals surface area contributed by atoms with Crippen molar-refractivity contribution < 1.29 is 18.0 Å². The molecule has 4 nitrogen and oxygen atoms in total. The van der Waals surface area contributed by atoms with Crippen LogP contribution < -0.4 is 10.6 Å². The fraction of sp³-hybridized carbons (Fsp3) is 0.200. The van der Waals surface area contributed by atoms with Crippen LogP contribution >= 0.6 is 11.3 Å². The number of aromatic nitrogens is 1. The number of halogens is 3. The Morgan fingerprint density at radius 3 is 2.68 bits per heavy atom. The van der Waals surface area contributed by atoms with Gasteiger partial charge in [0.05, 0.1) is 17.7 Å². The molecule has 0 saturated heterocycles. The van der Waals surface area contributed by atoms with Crippen LogP contribution in [0.3, 0.4) is 0 Å². The zero-order valence-electron chi connectivity index (χ0n) is 15.2. The molecule has 3 rings (SSSR count). The number of thiazole rings is 1. The van der Waals surface area contributed by atoms with Gasteiger partial charge in [0.2, 0.25) is 5.91 Å². The number of nitrogens with one attached hydrogen (secondary N) is 2. The molecule has 0 radical (unpaired) electrons. The number of hydrogen-bond donors (Lipinski definition) is 2. The van der Waals surface area contributed by atoms with Gasteiger partial charge < -0.3 is 10.6 Å². The van der Waals surface area contributed by atoms with Gasteiger partial charge in [-0.25, -0.2) is 4.98 Å². The van der Waals surface area contributed by atoms with Crippen LogP contribution in [-0.2, 0) is 17.4 Å². The summed E-state index contributed by atoms with van der Waals surface area (Å²) in [6.45, 7) is 3.86. The van der Waals surface area contributed by atoms with Gasteiger partial charge in [0.15, 0.2) is 5.13 Å². The van der Waals surface area contributed by atoms with Crippen LogP contribution in [0.25, 0.3) is 0 Å². The maximum absolute atomic E-state index is 12.8. The third-order valence-corrected chi connectivity index (χ3v) is 4.81. The Labute approximate surface area is 164 Å². The summed E-state index contributed by atoms with van der Waals surface area (Å²) in [7, 11) is 0. The van der Waals surface area contributed by atoms with Crippen molar-refractivity contribution in [2.45, 2.75) is 26.4 Å². The molecule has 0 aliphatic carbocycles. The predicted molar refractivity (Wildman–Crippen MR) is 105 cm³/mol. The molecule has 146 valence electrons. The summed E-state index contributed by atoms with van der Waals surface area (Å²) in [5.41, 5.74) is 2.86. The molecule has 0 atom stereocenters. The summed E-state index contributed by atoms with van der Waals surface area (Å²) in [6, 6.07) is 10.7. The third-order valence-electron chi connectivity index (χ3n) is 4.00. The number of nitrogens with zero attached hydrogens (tertiary/aromatic N) is 1. The first-order chi connectivity index (χ1) is 13.2. The number of rotatable bonds is 5. The van der Waals surface area contributed by atoms with Crippen molar-refractivity contribution in [1.29, 1.82) is 0 Å². The SMILES string of the molecule is Cc1ccc(C)c(NC(=O)Cc2csc(Nc3cccc(C(F)(F)F)c3)n2)c1. The average molecular weight is 405 g/mol. The summed E-state index contributed by atoms with van der Waals surface area (Å²) in [4.78, 5) is 16.6. The Bertz CT molecular complexity index is 998. The minimum absolute atomic E-state index is 0.0775. The molecule has 1 amide bonds. The van der Waals surface area contributed by atoms with Crippen LogP contribution in [0.4, 0.5) is 29.7 Å². The largest absolute Gasteiger partial charge is 0.416 e. The lowest BCUT2D eigenvalue weighted by Gasteiger charge is -2.09. The summed E-state index contributed by atoms with van der Waals surface area (Å²) >= 11 is 1.23. The van der Waals surface area contributed by atoms with E-state index < -0.39 is 11.7 Å². The first-order valence-corrected chi connectivity index (χ1v) is 9.34. The standard InChI is InChI=1S/C20H18F3N3OS/c1-12-6-7-13(2)17(8-12)26-18(27)10-16-11-28-19(25-16)24-15-5-3-4-14(9-15)20(21,22)23/h3-9,11H,10H2,1-2H3,(H,24,25)(H,26,27). The maximum Gasteiger partial charge on any atom is 0.416 e. The highest BCUT2D eigenvalue weighted by Gasteiger charge is 2.30. The lowest BCUT2D eigenvalue weighted by molar-refractivity contribution is -0.137. The second-order valence-electron chi connectivity index (χ2n) is 6.39. The summed E-state index contributed by atoms with van der Waals surface area (Å²) < 4.78 is 38.4. The van der Waals surface area contributed by atoms with Crippen molar-refractivity contribution in [3.63, 3.8) is 0 Å². The summed E-state index contributed by atoms with van der Waals surface area (Å²) in [6.07, 6.45) is -4.33. The van der Waals surface area contributed by atoms with Gasteiger partial charge in [-0.1, -0.05) is 18.2 Å². The van der Waals surface area contributed by atoms with Crippen LogP contribution in [-0.4, -0.2) is 10.9 Å².